The second-order valence-electron chi connectivity index (χ2n) is 5.72. The summed E-state index contributed by atoms with van der Waals surface area (Å²) in [7, 11) is -3.54. The molecule has 0 aliphatic carbocycles. The summed E-state index contributed by atoms with van der Waals surface area (Å²) in [4.78, 5) is 0. The maximum absolute atomic E-state index is 12.8. The number of rotatable bonds is 4. The summed E-state index contributed by atoms with van der Waals surface area (Å²) < 4.78 is 33.6. The van der Waals surface area contributed by atoms with E-state index in [1.807, 2.05) is 16.8 Å². The van der Waals surface area contributed by atoms with E-state index >= 15 is 0 Å². The van der Waals surface area contributed by atoms with Crippen LogP contribution in [-0.2, 0) is 10.0 Å². The minimum atomic E-state index is -3.54. The molecule has 132 valence electrons. The first-order chi connectivity index (χ1) is 12.0. The minimum Gasteiger partial charge on any atom is -0.420 e. The molecule has 3 aromatic rings. The Morgan fingerprint density at radius 2 is 2.16 bits per heavy atom. The molecule has 4 heterocycles. The topological polar surface area (TPSA) is 76.3 Å². The number of piperidine rings is 1. The van der Waals surface area contributed by atoms with Crippen molar-refractivity contribution in [1.29, 1.82) is 0 Å². The zero-order valence-corrected chi connectivity index (χ0v) is 16.2. The molecule has 1 fully saturated rings. The van der Waals surface area contributed by atoms with Gasteiger partial charge in [-0.3, -0.25) is 0 Å². The highest BCUT2D eigenvalue weighted by atomic mass is 35.5. The summed E-state index contributed by atoms with van der Waals surface area (Å²) in [5.41, 5.74) is 0.886. The number of aromatic nitrogens is 2. The van der Waals surface area contributed by atoms with E-state index < -0.39 is 10.0 Å². The van der Waals surface area contributed by atoms with Gasteiger partial charge in [0.05, 0.1) is 10.3 Å². The van der Waals surface area contributed by atoms with Gasteiger partial charge in [-0.1, -0.05) is 11.6 Å². The van der Waals surface area contributed by atoms with Crippen molar-refractivity contribution in [2.45, 2.75) is 23.0 Å². The molecule has 4 rings (SSSR count). The van der Waals surface area contributed by atoms with Gasteiger partial charge in [0.15, 0.2) is 0 Å². The molecule has 0 amide bonds. The van der Waals surface area contributed by atoms with Crippen LogP contribution in [0.2, 0.25) is 4.34 Å². The van der Waals surface area contributed by atoms with Crippen molar-refractivity contribution < 1.29 is 12.8 Å². The van der Waals surface area contributed by atoms with Crippen LogP contribution >= 0.6 is 34.3 Å². The number of hydrogen-bond donors (Lipinski definition) is 0. The summed E-state index contributed by atoms with van der Waals surface area (Å²) >= 11 is 8.52. The third-order valence-electron chi connectivity index (χ3n) is 4.08. The second-order valence-corrected chi connectivity index (χ2v) is 10.4. The second kappa shape index (κ2) is 6.81. The average molecular weight is 416 g/mol. The van der Waals surface area contributed by atoms with Crippen LogP contribution in [0.1, 0.15) is 24.7 Å². The number of hydrogen-bond acceptors (Lipinski definition) is 7. The Kier molecular flexibility index (Phi) is 4.67. The lowest BCUT2D eigenvalue weighted by Crippen LogP contribution is -2.38. The molecule has 25 heavy (non-hydrogen) atoms. The summed E-state index contributed by atoms with van der Waals surface area (Å²) in [6.45, 7) is 0.822. The van der Waals surface area contributed by atoms with Crippen molar-refractivity contribution in [2.24, 2.45) is 0 Å². The van der Waals surface area contributed by atoms with Gasteiger partial charge in [0.2, 0.25) is 11.8 Å². The van der Waals surface area contributed by atoms with Gasteiger partial charge < -0.3 is 4.42 Å². The Morgan fingerprint density at radius 3 is 2.88 bits per heavy atom. The number of sulfonamides is 1. The van der Waals surface area contributed by atoms with Gasteiger partial charge in [0.1, 0.15) is 4.21 Å². The van der Waals surface area contributed by atoms with Crippen LogP contribution < -0.4 is 0 Å². The highest BCUT2D eigenvalue weighted by Crippen LogP contribution is 2.34. The SMILES string of the molecule is O=S(=O)(c1ccc(Cl)s1)N1CCC[C@@H](c2nnc(-c3ccsc3)o2)C1. The molecule has 10 heteroatoms. The molecule has 0 unspecified atom stereocenters. The quantitative estimate of drug-likeness (QED) is 0.641. The first kappa shape index (κ1) is 17.2. The lowest BCUT2D eigenvalue weighted by molar-refractivity contribution is 0.286. The van der Waals surface area contributed by atoms with Crippen molar-refractivity contribution in [2.75, 3.05) is 13.1 Å². The van der Waals surface area contributed by atoms with E-state index in [9.17, 15) is 8.42 Å². The minimum absolute atomic E-state index is 0.0983. The summed E-state index contributed by atoms with van der Waals surface area (Å²) in [6, 6.07) is 5.07. The monoisotopic (exact) mass is 415 g/mol. The Morgan fingerprint density at radius 1 is 1.28 bits per heavy atom. The summed E-state index contributed by atoms with van der Waals surface area (Å²) in [6.07, 6.45) is 1.57. The summed E-state index contributed by atoms with van der Waals surface area (Å²) in [5.74, 6) is 0.866. The molecule has 0 saturated carbocycles. The molecule has 0 radical (unpaired) electrons. The van der Waals surface area contributed by atoms with Gasteiger partial charge in [0, 0.05) is 24.0 Å². The van der Waals surface area contributed by atoms with E-state index in [4.69, 9.17) is 16.0 Å². The van der Waals surface area contributed by atoms with Crippen LogP contribution in [0.15, 0.2) is 37.6 Å². The number of thiophene rings is 2. The zero-order valence-electron chi connectivity index (χ0n) is 13.0. The van der Waals surface area contributed by atoms with Gasteiger partial charge in [-0.25, -0.2) is 8.42 Å². The molecule has 0 bridgehead atoms. The first-order valence-electron chi connectivity index (χ1n) is 7.65. The molecule has 1 atom stereocenters. The van der Waals surface area contributed by atoms with Crippen molar-refractivity contribution >= 4 is 44.3 Å². The lowest BCUT2D eigenvalue weighted by Gasteiger charge is -2.29. The summed E-state index contributed by atoms with van der Waals surface area (Å²) in [5, 5.41) is 12.1. The van der Waals surface area contributed by atoms with E-state index in [1.54, 1.807) is 23.5 Å². The molecule has 0 spiro atoms. The van der Waals surface area contributed by atoms with Crippen molar-refractivity contribution in [3.05, 3.63) is 39.2 Å². The van der Waals surface area contributed by atoms with Gasteiger partial charge >= 0.3 is 0 Å². The van der Waals surface area contributed by atoms with Crippen LogP contribution in [0.3, 0.4) is 0 Å². The predicted octanol–water partition coefficient (Wildman–Crippen LogP) is 4.08. The number of halogens is 1. The van der Waals surface area contributed by atoms with E-state index in [2.05, 4.69) is 10.2 Å². The third kappa shape index (κ3) is 3.39. The fourth-order valence-corrected chi connectivity index (χ4v) is 6.62. The number of nitrogens with zero attached hydrogens (tertiary/aromatic N) is 3. The fourth-order valence-electron chi connectivity index (χ4n) is 2.83. The standard InChI is InChI=1S/C15H14ClN3O3S3/c16-12-3-4-13(24-12)25(20,21)19-6-1-2-10(8-19)14-17-18-15(22-14)11-5-7-23-9-11/h3-5,7,9-10H,1-2,6,8H2/t10-/m1/s1. The molecule has 1 saturated heterocycles. The van der Waals surface area contributed by atoms with E-state index in [0.29, 0.717) is 29.2 Å². The molecular formula is C15H14ClN3O3S3. The Hall–Kier alpha value is -1.26. The third-order valence-corrected chi connectivity index (χ3v) is 8.33. The molecule has 3 aromatic heterocycles. The largest absolute Gasteiger partial charge is 0.420 e. The molecular weight excluding hydrogens is 402 g/mol. The van der Waals surface area contributed by atoms with E-state index in [1.165, 1.54) is 4.31 Å². The van der Waals surface area contributed by atoms with Crippen LogP contribution in [-0.4, -0.2) is 36.0 Å². The average Bonchev–Trinajstić information content (AvgIpc) is 3.35. The highest BCUT2D eigenvalue weighted by molar-refractivity contribution is 7.91. The van der Waals surface area contributed by atoms with Gasteiger partial charge in [-0.15, -0.1) is 21.5 Å². The zero-order chi connectivity index (χ0) is 17.4. The normalized spacial score (nSPS) is 19.3. The predicted molar refractivity (Wildman–Crippen MR) is 97.7 cm³/mol. The van der Waals surface area contributed by atoms with Gasteiger partial charge in [-0.2, -0.15) is 15.6 Å². The van der Waals surface area contributed by atoms with Crippen LogP contribution in [0.25, 0.3) is 11.5 Å². The van der Waals surface area contributed by atoms with Crippen LogP contribution in [0, 0.1) is 0 Å². The van der Waals surface area contributed by atoms with E-state index in [-0.39, 0.29) is 10.1 Å². The maximum Gasteiger partial charge on any atom is 0.252 e. The maximum atomic E-state index is 12.8. The molecule has 1 aliphatic heterocycles. The van der Waals surface area contributed by atoms with Crippen LogP contribution in [0.4, 0.5) is 0 Å². The van der Waals surface area contributed by atoms with Gasteiger partial charge in [0.25, 0.3) is 10.0 Å². The lowest BCUT2D eigenvalue weighted by atomic mass is 10.00. The van der Waals surface area contributed by atoms with Crippen molar-refractivity contribution in [1.82, 2.24) is 14.5 Å². The van der Waals surface area contributed by atoms with Crippen molar-refractivity contribution in [3.8, 4) is 11.5 Å². The Balaban J connectivity index is 1.55. The molecule has 1 aliphatic rings. The Labute approximate surface area is 158 Å². The van der Waals surface area contributed by atoms with Crippen molar-refractivity contribution in [3.63, 3.8) is 0 Å². The highest BCUT2D eigenvalue weighted by Gasteiger charge is 2.34. The Bertz CT molecular complexity index is 965. The van der Waals surface area contributed by atoms with Gasteiger partial charge in [-0.05, 0) is 36.4 Å². The first-order valence-corrected chi connectivity index (χ1v) is 11.2. The molecule has 0 aromatic carbocycles. The van der Waals surface area contributed by atoms with E-state index in [0.717, 1.165) is 29.7 Å². The fraction of sp³-hybridized carbons (Fsp3) is 0.333. The van der Waals surface area contributed by atoms with Crippen LogP contribution in [0.5, 0.6) is 0 Å². The molecule has 0 N–H and O–H groups in total. The smallest absolute Gasteiger partial charge is 0.252 e. The molecule has 6 nitrogen and oxygen atoms in total.